The molecule has 0 saturated carbocycles. The van der Waals surface area contributed by atoms with Crippen molar-refractivity contribution in [3.63, 3.8) is 0 Å². The van der Waals surface area contributed by atoms with Gasteiger partial charge in [-0.05, 0) is 12.3 Å². The largest absolute Gasteiger partial charge is 0.299 e. The lowest BCUT2D eigenvalue weighted by Gasteiger charge is -2.22. The maximum Gasteiger partial charge on any atom is 0.139 e. The molecular weight excluding hydrogens is 180 g/mol. The second kappa shape index (κ2) is 5.69. The molecule has 0 aliphatic heterocycles. The summed E-state index contributed by atoms with van der Waals surface area (Å²) in [6.45, 7) is 10.2. The average Bonchev–Trinajstić information content (AvgIpc) is 1.97. The number of carbonyl (C=O) groups excluding carboxylic acids is 1. The molecule has 1 nitrogen and oxygen atoms in total. The Morgan fingerprint density at radius 2 is 1.62 bits per heavy atom. The van der Waals surface area contributed by atoms with Crippen LogP contribution in [0, 0.1) is 17.8 Å². The van der Waals surface area contributed by atoms with Gasteiger partial charge in [-0.3, -0.25) is 4.79 Å². The Balaban J connectivity index is 4.33. The lowest BCUT2D eigenvalue weighted by atomic mass is 9.86. The maximum absolute atomic E-state index is 11.8. The van der Waals surface area contributed by atoms with Crippen molar-refractivity contribution in [3.05, 3.63) is 0 Å². The fourth-order valence-electron chi connectivity index (χ4n) is 1.49. The van der Waals surface area contributed by atoms with Gasteiger partial charge in [-0.2, -0.15) is 12.6 Å². The summed E-state index contributed by atoms with van der Waals surface area (Å²) in [6, 6.07) is 0. The molecule has 0 aromatic carbocycles. The van der Waals surface area contributed by atoms with Crippen LogP contribution in [0.1, 0.15) is 41.0 Å². The second-order valence-electron chi connectivity index (χ2n) is 4.53. The molecule has 0 aromatic rings. The maximum atomic E-state index is 11.8. The molecule has 78 valence electrons. The Morgan fingerprint density at radius 3 is 1.85 bits per heavy atom. The number of Topliss-reactive ketones (excluding diaryl/α,β-unsaturated/α-hetero) is 1. The van der Waals surface area contributed by atoms with Crippen molar-refractivity contribution in [2.75, 3.05) is 0 Å². The molecular formula is C11H22OS. The summed E-state index contributed by atoms with van der Waals surface area (Å²) >= 11 is 4.38. The topological polar surface area (TPSA) is 17.1 Å². The summed E-state index contributed by atoms with van der Waals surface area (Å²) in [7, 11) is 0. The summed E-state index contributed by atoms with van der Waals surface area (Å²) < 4.78 is 0. The van der Waals surface area contributed by atoms with Gasteiger partial charge in [-0.25, -0.2) is 0 Å². The molecule has 0 saturated heterocycles. The third-order valence-corrected chi connectivity index (χ3v) is 2.60. The van der Waals surface area contributed by atoms with Crippen LogP contribution < -0.4 is 0 Å². The SMILES string of the molecule is CC(C)CC(C(=O)C(C)C)C(C)S. The van der Waals surface area contributed by atoms with Crippen LogP contribution >= 0.6 is 12.6 Å². The molecule has 0 N–H and O–H groups in total. The van der Waals surface area contributed by atoms with E-state index < -0.39 is 0 Å². The summed E-state index contributed by atoms with van der Waals surface area (Å²) in [5.74, 6) is 1.19. The molecule has 0 radical (unpaired) electrons. The van der Waals surface area contributed by atoms with Crippen LogP contribution in [0.4, 0.5) is 0 Å². The van der Waals surface area contributed by atoms with Gasteiger partial charge >= 0.3 is 0 Å². The van der Waals surface area contributed by atoms with E-state index in [-0.39, 0.29) is 17.1 Å². The summed E-state index contributed by atoms with van der Waals surface area (Å²) in [4.78, 5) is 11.8. The van der Waals surface area contributed by atoms with Gasteiger partial charge in [-0.15, -0.1) is 0 Å². The number of rotatable bonds is 5. The first-order valence-corrected chi connectivity index (χ1v) is 5.59. The Labute approximate surface area is 87.7 Å². The fraction of sp³-hybridized carbons (Fsp3) is 0.909. The van der Waals surface area contributed by atoms with E-state index in [0.29, 0.717) is 11.7 Å². The van der Waals surface area contributed by atoms with Crippen LogP contribution in [-0.2, 0) is 4.79 Å². The predicted molar refractivity (Wildman–Crippen MR) is 61.2 cm³/mol. The van der Waals surface area contributed by atoms with Gasteiger partial charge in [0.2, 0.25) is 0 Å². The smallest absolute Gasteiger partial charge is 0.139 e. The van der Waals surface area contributed by atoms with Crippen molar-refractivity contribution in [2.24, 2.45) is 17.8 Å². The van der Waals surface area contributed by atoms with Crippen LogP contribution in [0.15, 0.2) is 0 Å². The molecule has 0 aliphatic rings. The molecule has 2 heteroatoms. The average molecular weight is 202 g/mol. The van der Waals surface area contributed by atoms with E-state index in [1.165, 1.54) is 0 Å². The van der Waals surface area contributed by atoms with Crippen molar-refractivity contribution in [1.29, 1.82) is 0 Å². The highest BCUT2D eigenvalue weighted by Gasteiger charge is 2.25. The number of hydrogen-bond donors (Lipinski definition) is 1. The van der Waals surface area contributed by atoms with Gasteiger partial charge in [0.25, 0.3) is 0 Å². The van der Waals surface area contributed by atoms with Gasteiger partial charge in [0, 0.05) is 17.1 Å². The zero-order valence-electron chi connectivity index (χ0n) is 9.37. The number of ketones is 1. The number of thiol groups is 1. The quantitative estimate of drug-likeness (QED) is 0.678. The normalized spacial score (nSPS) is 16.3. The Morgan fingerprint density at radius 1 is 1.15 bits per heavy atom. The summed E-state index contributed by atoms with van der Waals surface area (Å²) in [5, 5.41) is 0.178. The molecule has 13 heavy (non-hydrogen) atoms. The molecule has 0 spiro atoms. The van der Waals surface area contributed by atoms with Crippen LogP contribution in [0.3, 0.4) is 0 Å². The number of carbonyl (C=O) groups is 1. The van der Waals surface area contributed by atoms with E-state index in [1.54, 1.807) is 0 Å². The minimum atomic E-state index is 0.128. The predicted octanol–water partition coefficient (Wildman–Crippen LogP) is 3.19. The first kappa shape index (κ1) is 13.0. The van der Waals surface area contributed by atoms with Gasteiger partial charge in [0.15, 0.2) is 0 Å². The molecule has 2 atom stereocenters. The Kier molecular flexibility index (Phi) is 5.70. The second-order valence-corrected chi connectivity index (χ2v) is 5.35. The van der Waals surface area contributed by atoms with E-state index in [2.05, 4.69) is 26.5 Å². The molecule has 0 rings (SSSR count). The van der Waals surface area contributed by atoms with Crippen molar-refractivity contribution in [3.8, 4) is 0 Å². The molecule has 2 unspecified atom stereocenters. The van der Waals surface area contributed by atoms with Crippen LogP contribution in [0.25, 0.3) is 0 Å². The molecule has 0 aromatic heterocycles. The van der Waals surface area contributed by atoms with Crippen molar-refractivity contribution in [2.45, 2.75) is 46.3 Å². The van der Waals surface area contributed by atoms with Gasteiger partial charge in [-0.1, -0.05) is 34.6 Å². The zero-order valence-corrected chi connectivity index (χ0v) is 10.3. The van der Waals surface area contributed by atoms with Crippen molar-refractivity contribution < 1.29 is 4.79 Å². The molecule has 0 amide bonds. The van der Waals surface area contributed by atoms with E-state index in [9.17, 15) is 4.79 Å². The Hall–Kier alpha value is 0.0200. The molecule has 0 aliphatic carbocycles. The summed E-state index contributed by atoms with van der Waals surface area (Å²) in [5.41, 5.74) is 0. The number of hydrogen-bond acceptors (Lipinski definition) is 2. The first-order chi connectivity index (χ1) is 5.86. The van der Waals surface area contributed by atoms with E-state index in [1.807, 2.05) is 20.8 Å². The van der Waals surface area contributed by atoms with Crippen LogP contribution in [0.2, 0.25) is 0 Å². The third-order valence-electron chi connectivity index (χ3n) is 2.24. The van der Waals surface area contributed by atoms with Crippen molar-refractivity contribution >= 4 is 18.4 Å². The van der Waals surface area contributed by atoms with Crippen LogP contribution in [-0.4, -0.2) is 11.0 Å². The van der Waals surface area contributed by atoms with E-state index >= 15 is 0 Å². The van der Waals surface area contributed by atoms with Crippen molar-refractivity contribution in [1.82, 2.24) is 0 Å². The summed E-state index contributed by atoms with van der Waals surface area (Å²) in [6.07, 6.45) is 0.960. The highest BCUT2D eigenvalue weighted by molar-refractivity contribution is 7.81. The van der Waals surface area contributed by atoms with Gasteiger partial charge in [0.1, 0.15) is 5.78 Å². The van der Waals surface area contributed by atoms with E-state index in [0.717, 1.165) is 6.42 Å². The van der Waals surface area contributed by atoms with Gasteiger partial charge < -0.3 is 0 Å². The lowest BCUT2D eigenvalue weighted by molar-refractivity contribution is -0.126. The molecule has 0 heterocycles. The minimum absolute atomic E-state index is 0.128. The first-order valence-electron chi connectivity index (χ1n) is 5.08. The van der Waals surface area contributed by atoms with Crippen LogP contribution in [0.5, 0.6) is 0 Å². The minimum Gasteiger partial charge on any atom is -0.299 e. The molecule has 0 bridgehead atoms. The monoisotopic (exact) mass is 202 g/mol. The van der Waals surface area contributed by atoms with E-state index in [4.69, 9.17) is 0 Å². The zero-order chi connectivity index (χ0) is 10.6. The highest BCUT2D eigenvalue weighted by atomic mass is 32.1. The Bertz CT molecular complexity index is 161. The molecule has 0 fully saturated rings. The lowest BCUT2D eigenvalue weighted by Crippen LogP contribution is -2.27. The highest BCUT2D eigenvalue weighted by Crippen LogP contribution is 2.23. The standard InChI is InChI=1S/C11H22OS/c1-7(2)6-10(9(5)13)11(12)8(3)4/h7-10,13H,6H2,1-5H3. The van der Waals surface area contributed by atoms with Gasteiger partial charge in [0.05, 0.1) is 0 Å². The third kappa shape index (κ3) is 4.70. The fourth-order valence-corrected chi connectivity index (χ4v) is 1.76.